The van der Waals surface area contributed by atoms with Crippen molar-refractivity contribution in [2.24, 2.45) is 5.10 Å². The summed E-state index contributed by atoms with van der Waals surface area (Å²) in [7, 11) is 4.34. The first-order valence-electron chi connectivity index (χ1n) is 12.9. The van der Waals surface area contributed by atoms with E-state index >= 15 is 0 Å². The topological polar surface area (TPSA) is 168 Å². The van der Waals surface area contributed by atoms with Crippen LogP contribution in [0, 0.1) is 10.1 Å². The Morgan fingerprint density at radius 3 is 2.00 bits per heavy atom. The predicted octanol–water partition coefficient (Wildman–Crippen LogP) is 5.62. The molecule has 0 aliphatic carbocycles. The minimum Gasteiger partial charge on any atom is -0.493 e. The first kappa shape index (κ1) is 32.2. The molecule has 4 aromatic rings. The van der Waals surface area contributed by atoms with Crippen molar-refractivity contribution in [1.82, 2.24) is 5.43 Å². The molecule has 0 bridgehead atoms. The van der Waals surface area contributed by atoms with Crippen molar-refractivity contribution in [3.05, 3.63) is 116 Å². The Bertz CT molecular complexity index is 1750. The molecule has 2 N–H and O–H groups in total. The Kier molecular flexibility index (Phi) is 10.4. The Hall–Kier alpha value is -5.76. The number of carbonyl (C=O) groups excluding carboxylic acids is 3. The molecule has 0 aliphatic rings. The molecule has 0 radical (unpaired) electrons. The van der Waals surface area contributed by atoms with E-state index in [4.69, 9.17) is 18.9 Å². The molecule has 13 nitrogen and oxygen atoms in total. The number of benzene rings is 4. The maximum atomic E-state index is 12.9. The number of nitro benzene ring substituents is 1. The van der Waals surface area contributed by atoms with Gasteiger partial charge in [0.2, 0.25) is 11.5 Å². The average Bonchev–Trinajstić information content (AvgIpc) is 3.04. The SMILES string of the molecule is COc1cc(C(=O)Nc2ccc(C(=O)N/N=C/c3cccc([N+](=O)[O-])c3OC(=O)c3ccc(Br)cc3)cc2)cc(OC)c1OC. The lowest BCUT2D eigenvalue weighted by Gasteiger charge is -2.14. The largest absolute Gasteiger partial charge is 0.493 e. The molecule has 45 heavy (non-hydrogen) atoms. The standard InChI is InChI=1S/C31H25BrN4O9/c1-42-25-15-21(16-26(43-2)28(25)44-3)29(37)34-23-13-9-18(10-14-23)30(38)35-33-17-20-5-4-6-24(36(40)41)27(20)45-31(39)19-7-11-22(32)12-8-19/h4-17H,1-3H3,(H,34,37)(H,35,38)/b33-17+. The van der Waals surface area contributed by atoms with Crippen LogP contribution in [-0.2, 0) is 0 Å². The van der Waals surface area contributed by atoms with Crippen molar-refractivity contribution in [2.75, 3.05) is 26.6 Å². The maximum absolute atomic E-state index is 12.9. The molecule has 230 valence electrons. The Morgan fingerprint density at radius 2 is 1.42 bits per heavy atom. The number of ether oxygens (including phenoxy) is 4. The molecule has 4 aromatic carbocycles. The lowest BCUT2D eigenvalue weighted by atomic mass is 10.1. The number of carbonyl (C=O) groups is 3. The molecule has 0 saturated carbocycles. The van der Waals surface area contributed by atoms with Gasteiger partial charge in [-0.1, -0.05) is 22.0 Å². The number of anilines is 1. The molecule has 0 unspecified atom stereocenters. The lowest BCUT2D eigenvalue weighted by molar-refractivity contribution is -0.385. The summed E-state index contributed by atoms with van der Waals surface area (Å²) < 4.78 is 22.0. The monoisotopic (exact) mass is 676 g/mol. The average molecular weight is 677 g/mol. The van der Waals surface area contributed by atoms with Gasteiger partial charge < -0.3 is 24.3 Å². The summed E-state index contributed by atoms with van der Waals surface area (Å²) in [6.45, 7) is 0. The van der Waals surface area contributed by atoms with E-state index in [1.807, 2.05) is 0 Å². The summed E-state index contributed by atoms with van der Waals surface area (Å²) in [5.74, 6) is -1.23. The quantitative estimate of drug-likeness (QED) is 0.0673. The zero-order chi connectivity index (χ0) is 32.5. The van der Waals surface area contributed by atoms with E-state index < -0.39 is 28.4 Å². The Labute approximate surface area is 265 Å². The summed E-state index contributed by atoms with van der Waals surface area (Å²) in [5.41, 5.74) is 2.99. The third-order valence-electron chi connectivity index (χ3n) is 6.20. The highest BCUT2D eigenvalue weighted by Crippen LogP contribution is 2.38. The highest BCUT2D eigenvalue weighted by molar-refractivity contribution is 9.10. The molecule has 4 rings (SSSR count). The van der Waals surface area contributed by atoms with Crippen LogP contribution in [0.15, 0.2) is 88.4 Å². The van der Waals surface area contributed by atoms with Crippen molar-refractivity contribution in [3.63, 3.8) is 0 Å². The van der Waals surface area contributed by atoms with Gasteiger partial charge in [0.25, 0.3) is 11.8 Å². The zero-order valence-electron chi connectivity index (χ0n) is 24.0. The van der Waals surface area contributed by atoms with E-state index in [9.17, 15) is 24.5 Å². The first-order chi connectivity index (χ1) is 21.6. The number of hydrogen-bond donors (Lipinski definition) is 2. The molecular formula is C31H25BrN4O9. The van der Waals surface area contributed by atoms with Crippen molar-refractivity contribution >= 4 is 51.3 Å². The second kappa shape index (κ2) is 14.6. The van der Waals surface area contributed by atoms with E-state index in [1.165, 1.54) is 88.1 Å². The molecule has 0 saturated heterocycles. The third-order valence-corrected chi connectivity index (χ3v) is 6.73. The molecule has 0 fully saturated rings. The predicted molar refractivity (Wildman–Crippen MR) is 168 cm³/mol. The summed E-state index contributed by atoms with van der Waals surface area (Å²) >= 11 is 3.27. The van der Waals surface area contributed by atoms with Gasteiger partial charge in [-0.2, -0.15) is 5.10 Å². The van der Waals surface area contributed by atoms with E-state index in [1.54, 1.807) is 12.1 Å². The Morgan fingerprint density at radius 1 is 0.800 bits per heavy atom. The molecule has 14 heteroatoms. The van der Waals surface area contributed by atoms with Crippen LogP contribution in [0.1, 0.15) is 36.6 Å². The van der Waals surface area contributed by atoms with Crippen molar-refractivity contribution in [2.45, 2.75) is 0 Å². The molecule has 0 aliphatic heterocycles. The van der Waals surface area contributed by atoms with Crippen LogP contribution >= 0.6 is 15.9 Å². The zero-order valence-corrected chi connectivity index (χ0v) is 25.6. The number of amides is 2. The van der Waals surface area contributed by atoms with E-state index in [0.717, 1.165) is 10.7 Å². The normalized spacial score (nSPS) is 10.6. The maximum Gasteiger partial charge on any atom is 0.343 e. The van der Waals surface area contributed by atoms with Crippen molar-refractivity contribution in [3.8, 4) is 23.0 Å². The van der Waals surface area contributed by atoms with Gasteiger partial charge in [-0.25, -0.2) is 10.2 Å². The second-order valence-electron chi connectivity index (χ2n) is 8.99. The van der Waals surface area contributed by atoms with Crippen LogP contribution in [0.2, 0.25) is 0 Å². The lowest BCUT2D eigenvalue weighted by Crippen LogP contribution is -2.18. The minimum atomic E-state index is -0.812. The number of nitrogens with zero attached hydrogens (tertiary/aromatic N) is 2. The molecular weight excluding hydrogens is 652 g/mol. The van der Waals surface area contributed by atoms with Crippen molar-refractivity contribution in [1.29, 1.82) is 0 Å². The third kappa shape index (κ3) is 7.80. The van der Waals surface area contributed by atoms with Gasteiger partial charge in [-0.15, -0.1) is 0 Å². The first-order valence-corrected chi connectivity index (χ1v) is 13.7. The van der Waals surface area contributed by atoms with E-state index in [0.29, 0.717) is 22.9 Å². The van der Waals surface area contributed by atoms with Crippen molar-refractivity contribution < 1.29 is 38.3 Å². The Balaban J connectivity index is 1.44. The fourth-order valence-electron chi connectivity index (χ4n) is 3.98. The summed E-state index contributed by atoms with van der Waals surface area (Å²) in [4.78, 5) is 49.1. The van der Waals surface area contributed by atoms with Crippen LogP contribution in [0.25, 0.3) is 0 Å². The summed E-state index contributed by atoms with van der Waals surface area (Å²) in [5, 5.41) is 18.2. The fraction of sp³-hybridized carbons (Fsp3) is 0.0968. The molecule has 0 spiro atoms. The summed E-state index contributed by atoms with van der Waals surface area (Å²) in [6.07, 6.45) is 1.13. The minimum absolute atomic E-state index is 0.0832. The molecule has 0 atom stereocenters. The fourth-order valence-corrected chi connectivity index (χ4v) is 4.25. The van der Waals surface area contributed by atoms with Crippen LogP contribution in [0.4, 0.5) is 11.4 Å². The van der Waals surface area contributed by atoms with Gasteiger partial charge in [0.15, 0.2) is 11.5 Å². The molecule has 2 amide bonds. The summed E-state index contributed by atoms with van der Waals surface area (Å²) in [6, 6.07) is 19.3. The number of methoxy groups -OCH3 is 3. The highest BCUT2D eigenvalue weighted by Gasteiger charge is 2.22. The van der Waals surface area contributed by atoms with Crippen LogP contribution in [0.3, 0.4) is 0 Å². The van der Waals surface area contributed by atoms with Gasteiger partial charge in [0, 0.05) is 32.9 Å². The van der Waals surface area contributed by atoms with Gasteiger partial charge in [-0.05, 0) is 66.7 Å². The number of hydrogen-bond acceptors (Lipinski definition) is 10. The highest BCUT2D eigenvalue weighted by atomic mass is 79.9. The number of rotatable bonds is 11. The molecule has 0 aromatic heterocycles. The van der Waals surface area contributed by atoms with Crippen LogP contribution < -0.4 is 29.7 Å². The second-order valence-corrected chi connectivity index (χ2v) is 9.91. The number of halogens is 1. The number of para-hydroxylation sites is 1. The number of esters is 1. The van der Waals surface area contributed by atoms with E-state index in [-0.39, 0.29) is 28.0 Å². The van der Waals surface area contributed by atoms with Gasteiger partial charge >= 0.3 is 11.7 Å². The van der Waals surface area contributed by atoms with Gasteiger partial charge in [-0.3, -0.25) is 19.7 Å². The van der Waals surface area contributed by atoms with Gasteiger partial charge in [0.05, 0.1) is 38.0 Å². The molecule has 0 heterocycles. The van der Waals surface area contributed by atoms with Crippen LogP contribution in [-0.4, -0.2) is 50.3 Å². The van der Waals surface area contributed by atoms with Crippen LogP contribution in [0.5, 0.6) is 23.0 Å². The smallest absolute Gasteiger partial charge is 0.343 e. The van der Waals surface area contributed by atoms with Gasteiger partial charge in [0.1, 0.15) is 0 Å². The number of nitrogens with one attached hydrogen (secondary N) is 2. The number of nitro groups is 1. The van der Waals surface area contributed by atoms with E-state index in [2.05, 4.69) is 31.8 Å². The number of hydrazone groups is 1.